The van der Waals surface area contributed by atoms with Crippen molar-refractivity contribution >= 4 is 11.0 Å². The summed E-state index contributed by atoms with van der Waals surface area (Å²) in [6.45, 7) is 2.54. The molecule has 3 heteroatoms. The largest absolute Gasteiger partial charge is 0.487 e. The number of hydrogen-bond acceptors (Lipinski definition) is 3. The van der Waals surface area contributed by atoms with Crippen LogP contribution >= 0.6 is 0 Å². The van der Waals surface area contributed by atoms with Gasteiger partial charge in [0.2, 0.25) is 0 Å². The third-order valence-corrected chi connectivity index (χ3v) is 2.84. The summed E-state index contributed by atoms with van der Waals surface area (Å²) in [5.74, 6) is 0.763. The zero-order chi connectivity index (χ0) is 12.4. The van der Waals surface area contributed by atoms with Crippen LogP contribution in [0.2, 0.25) is 0 Å². The van der Waals surface area contributed by atoms with E-state index in [1.165, 1.54) is 5.56 Å². The van der Waals surface area contributed by atoms with Crippen LogP contribution in [0.15, 0.2) is 53.4 Å². The van der Waals surface area contributed by atoms with E-state index >= 15 is 0 Å². The van der Waals surface area contributed by atoms with E-state index in [0.29, 0.717) is 6.61 Å². The van der Waals surface area contributed by atoms with Crippen LogP contribution in [0.1, 0.15) is 11.1 Å². The minimum absolute atomic E-state index is 0.488. The Morgan fingerprint density at radius 2 is 2.22 bits per heavy atom. The molecule has 0 saturated heterocycles. The molecule has 2 heterocycles. The minimum atomic E-state index is 0.488. The van der Waals surface area contributed by atoms with Gasteiger partial charge in [-0.25, -0.2) is 0 Å². The Hall–Kier alpha value is -2.29. The lowest BCUT2D eigenvalue weighted by Gasteiger charge is -2.03. The van der Waals surface area contributed by atoms with Crippen molar-refractivity contribution < 1.29 is 9.15 Å². The van der Waals surface area contributed by atoms with Crippen molar-refractivity contribution in [2.24, 2.45) is 0 Å². The molecule has 0 radical (unpaired) electrons. The smallest absolute Gasteiger partial charge is 0.138 e. The van der Waals surface area contributed by atoms with Crippen LogP contribution in [0.4, 0.5) is 0 Å². The van der Waals surface area contributed by atoms with Gasteiger partial charge in [-0.3, -0.25) is 4.98 Å². The first-order chi connectivity index (χ1) is 8.83. The van der Waals surface area contributed by atoms with Crippen molar-refractivity contribution in [3.8, 4) is 5.75 Å². The van der Waals surface area contributed by atoms with Gasteiger partial charge < -0.3 is 9.15 Å². The van der Waals surface area contributed by atoms with E-state index in [2.05, 4.69) is 17.1 Å². The Balaban J connectivity index is 1.83. The number of benzene rings is 1. The number of pyridine rings is 1. The van der Waals surface area contributed by atoms with Crippen LogP contribution in [0.25, 0.3) is 11.0 Å². The second-order valence-corrected chi connectivity index (χ2v) is 4.24. The normalized spacial score (nSPS) is 10.7. The summed E-state index contributed by atoms with van der Waals surface area (Å²) in [4.78, 5) is 4.01. The van der Waals surface area contributed by atoms with Crippen LogP contribution in [0.3, 0.4) is 0 Å². The average molecular weight is 239 g/mol. The summed E-state index contributed by atoms with van der Waals surface area (Å²) in [6.07, 6.45) is 5.18. The van der Waals surface area contributed by atoms with E-state index in [0.717, 1.165) is 22.3 Å². The molecule has 0 aliphatic rings. The maximum absolute atomic E-state index is 5.67. The highest BCUT2D eigenvalue weighted by molar-refractivity contribution is 5.81. The highest BCUT2D eigenvalue weighted by Gasteiger charge is 2.06. The fourth-order valence-corrected chi connectivity index (χ4v) is 1.90. The van der Waals surface area contributed by atoms with Crippen molar-refractivity contribution in [3.63, 3.8) is 0 Å². The molecule has 3 aromatic rings. The van der Waals surface area contributed by atoms with Gasteiger partial charge in [0.05, 0.1) is 12.5 Å². The summed E-state index contributed by atoms with van der Waals surface area (Å²) < 4.78 is 11.2. The van der Waals surface area contributed by atoms with Gasteiger partial charge in [-0.05, 0) is 30.7 Å². The van der Waals surface area contributed by atoms with Gasteiger partial charge in [0, 0.05) is 17.1 Å². The standard InChI is InChI=1S/C15H13NO2/c1-11-4-5-14-12(10-18-15(14)7-11)9-17-13-3-2-6-16-8-13/h2-8,10H,9H2,1H3. The molecule has 2 aromatic heterocycles. The van der Waals surface area contributed by atoms with Gasteiger partial charge in [-0.2, -0.15) is 0 Å². The second-order valence-electron chi connectivity index (χ2n) is 4.24. The first-order valence-corrected chi connectivity index (χ1v) is 5.82. The highest BCUT2D eigenvalue weighted by atomic mass is 16.5. The SMILES string of the molecule is Cc1ccc2c(COc3cccnc3)coc2c1. The zero-order valence-corrected chi connectivity index (χ0v) is 10.1. The Bertz CT molecular complexity index is 659. The lowest BCUT2D eigenvalue weighted by atomic mass is 10.1. The van der Waals surface area contributed by atoms with Crippen molar-refractivity contribution in [1.82, 2.24) is 4.98 Å². The molecule has 0 bridgehead atoms. The van der Waals surface area contributed by atoms with E-state index in [1.54, 1.807) is 18.7 Å². The van der Waals surface area contributed by atoms with Crippen LogP contribution in [-0.4, -0.2) is 4.98 Å². The number of aryl methyl sites for hydroxylation is 1. The van der Waals surface area contributed by atoms with E-state index < -0.39 is 0 Å². The van der Waals surface area contributed by atoms with Gasteiger partial charge in [0.1, 0.15) is 17.9 Å². The molecule has 90 valence electrons. The van der Waals surface area contributed by atoms with Crippen LogP contribution in [-0.2, 0) is 6.61 Å². The number of aromatic nitrogens is 1. The topological polar surface area (TPSA) is 35.3 Å². The molecule has 0 spiro atoms. The number of nitrogens with zero attached hydrogens (tertiary/aromatic N) is 1. The minimum Gasteiger partial charge on any atom is -0.487 e. The van der Waals surface area contributed by atoms with E-state index in [4.69, 9.17) is 9.15 Å². The Kier molecular flexibility index (Phi) is 2.73. The quantitative estimate of drug-likeness (QED) is 0.698. The highest BCUT2D eigenvalue weighted by Crippen LogP contribution is 2.23. The van der Waals surface area contributed by atoms with Crippen molar-refractivity contribution in [2.75, 3.05) is 0 Å². The first kappa shape index (κ1) is 10.8. The lowest BCUT2D eigenvalue weighted by molar-refractivity contribution is 0.304. The van der Waals surface area contributed by atoms with Crippen molar-refractivity contribution in [3.05, 3.63) is 60.1 Å². The third kappa shape index (κ3) is 2.07. The van der Waals surface area contributed by atoms with Gasteiger partial charge in [0.25, 0.3) is 0 Å². The summed E-state index contributed by atoms with van der Waals surface area (Å²) >= 11 is 0. The Morgan fingerprint density at radius 3 is 3.06 bits per heavy atom. The van der Waals surface area contributed by atoms with Crippen LogP contribution in [0, 0.1) is 6.92 Å². The summed E-state index contributed by atoms with van der Waals surface area (Å²) in [7, 11) is 0. The molecule has 0 aliphatic heterocycles. The molecular formula is C15H13NO2. The van der Waals surface area contributed by atoms with Gasteiger partial charge >= 0.3 is 0 Å². The van der Waals surface area contributed by atoms with Crippen molar-refractivity contribution in [2.45, 2.75) is 13.5 Å². The molecule has 0 atom stereocenters. The molecule has 0 saturated carbocycles. The Labute approximate surface area is 105 Å². The number of ether oxygens (including phenoxy) is 1. The molecule has 0 fully saturated rings. The molecule has 0 amide bonds. The molecule has 0 aliphatic carbocycles. The number of hydrogen-bond donors (Lipinski definition) is 0. The molecule has 0 N–H and O–H groups in total. The molecule has 18 heavy (non-hydrogen) atoms. The monoisotopic (exact) mass is 239 g/mol. The molecular weight excluding hydrogens is 226 g/mol. The number of fused-ring (bicyclic) bond motifs is 1. The molecule has 1 aromatic carbocycles. The summed E-state index contributed by atoms with van der Waals surface area (Å²) in [5, 5.41) is 1.10. The fraction of sp³-hybridized carbons (Fsp3) is 0.133. The summed E-state index contributed by atoms with van der Waals surface area (Å²) in [5.41, 5.74) is 3.14. The maximum Gasteiger partial charge on any atom is 0.138 e. The van der Waals surface area contributed by atoms with Gasteiger partial charge in [-0.15, -0.1) is 0 Å². The van der Waals surface area contributed by atoms with Crippen LogP contribution in [0.5, 0.6) is 5.75 Å². The van der Waals surface area contributed by atoms with Gasteiger partial charge in [0.15, 0.2) is 0 Å². The predicted octanol–water partition coefficient (Wildman–Crippen LogP) is 3.72. The van der Waals surface area contributed by atoms with Crippen LogP contribution < -0.4 is 4.74 Å². The second kappa shape index (κ2) is 4.53. The maximum atomic E-state index is 5.67. The Morgan fingerprint density at radius 1 is 1.28 bits per heavy atom. The van der Waals surface area contributed by atoms with E-state index in [9.17, 15) is 0 Å². The third-order valence-electron chi connectivity index (χ3n) is 2.84. The molecule has 3 rings (SSSR count). The average Bonchev–Trinajstić information content (AvgIpc) is 2.80. The fourth-order valence-electron chi connectivity index (χ4n) is 1.90. The molecule has 3 nitrogen and oxygen atoms in total. The first-order valence-electron chi connectivity index (χ1n) is 5.82. The number of furan rings is 1. The van der Waals surface area contributed by atoms with Crippen molar-refractivity contribution in [1.29, 1.82) is 0 Å². The van der Waals surface area contributed by atoms with Gasteiger partial charge in [-0.1, -0.05) is 12.1 Å². The number of rotatable bonds is 3. The zero-order valence-electron chi connectivity index (χ0n) is 10.1. The summed E-state index contributed by atoms with van der Waals surface area (Å²) in [6, 6.07) is 9.91. The molecule has 0 unspecified atom stereocenters. The lowest BCUT2D eigenvalue weighted by Crippen LogP contribution is -1.94. The predicted molar refractivity (Wildman–Crippen MR) is 69.5 cm³/mol. The van der Waals surface area contributed by atoms with E-state index in [1.807, 2.05) is 25.1 Å². The van der Waals surface area contributed by atoms with E-state index in [-0.39, 0.29) is 0 Å².